The molecule has 8 N–H and O–H groups in total. The van der Waals surface area contributed by atoms with E-state index in [1.165, 1.54) is 43.0 Å². The number of esters is 1. The van der Waals surface area contributed by atoms with E-state index in [4.69, 9.17) is 55.1 Å². The number of carboxylic acids is 1. The third-order valence-corrected chi connectivity index (χ3v) is 14.3. The van der Waals surface area contributed by atoms with Gasteiger partial charge in [0.25, 0.3) is 5.91 Å². The highest BCUT2D eigenvalue weighted by Crippen LogP contribution is 2.49. The molecule has 0 radical (unpaired) electrons. The van der Waals surface area contributed by atoms with Crippen molar-refractivity contribution in [3.05, 3.63) is 83.0 Å². The van der Waals surface area contributed by atoms with Gasteiger partial charge < -0.3 is 60.0 Å². The molecule has 81 heavy (non-hydrogen) atoms. The molecule has 1 aliphatic carbocycles. The molecule has 2 saturated heterocycles. The number of amides is 2. The summed E-state index contributed by atoms with van der Waals surface area (Å²) in [6, 6.07) is 12.0. The standard InChI is InChI=1S/C54H66N9O16PS/c1-52(2,3)76-40(66)20-19-36(61-51(70)79-53(4,5)6)47(67)62-80(71,73-26-39-43-44(78-54(7,8)77-43)48(75-39)63-28-59-42-45(55)57-27-58-46(42)63)72-22-12-10-9-11-21-56-50(81)60-29-13-16-32(35(23-29)49(68)69)41-33-17-14-30(64)24-37(33)74-38-25-31(65)15-18-34(38)41/h13-18,23-25,27-28,36,39,43-44,48,64H,9-12,19-22,26H2,1-8H3,(H,61,70)(H,68,69)(H2,55,57,58)(H2,56,60,81)(H,62,67,71)/t36-,39+,43+,44+,48+,80?/m0/s1. The van der Waals surface area contributed by atoms with Crippen LogP contribution >= 0.6 is 20.0 Å². The van der Waals surface area contributed by atoms with Gasteiger partial charge in [0.05, 0.1) is 25.1 Å². The molecule has 6 atom stereocenters. The number of phenols is 1. The Hall–Kier alpha value is -7.32. The first-order valence-electron chi connectivity index (χ1n) is 26.1. The molecule has 1 unspecified atom stereocenters. The number of aromatic hydroxyl groups is 1. The molecular weight excluding hydrogens is 1090 g/mol. The van der Waals surface area contributed by atoms with Gasteiger partial charge in [-0.1, -0.05) is 18.9 Å². The molecule has 0 saturated carbocycles. The number of alkyl carbamates (subject to hydrolysis) is 1. The predicted octanol–water partition coefficient (Wildman–Crippen LogP) is 7.93. The Morgan fingerprint density at radius 2 is 1.63 bits per heavy atom. The molecule has 27 heteroatoms. The van der Waals surface area contributed by atoms with E-state index >= 15 is 0 Å². The second kappa shape index (κ2) is 24.4. The number of nitrogens with one attached hydrogen (secondary N) is 4. The molecular formula is C54H66N9O16PS. The van der Waals surface area contributed by atoms with Gasteiger partial charge in [-0.25, -0.2) is 29.1 Å². The van der Waals surface area contributed by atoms with Gasteiger partial charge in [0.2, 0.25) is 0 Å². The summed E-state index contributed by atoms with van der Waals surface area (Å²) in [6.07, 6.45) is 0.0445. The Kier molecular flexibility index (Phi) is 18.0. The van der Waals surface area contributed by atoms with Crippen molar-refractivity contribution in [3.63, 3.8) is 0 Å². The Balaban J connectivity index is 0.904. The number of rotatable bonds is 21. The van der Waals surface area contributed by atoms with Crippen molar-refractivity contribution in [3.8, 4) is 28.2 Å². The van der Waals surface area contributed by atoms with E-state index in [0.717, 1.165) is 0 Å². The summed E-state index contributed by atoms with van der Waals surface area (Å²) < 4.78 is 64.1. The lowest BCUT2D eigenvalue weighted by atomic mass is 9.90. The molecule has 4 aromatic rings. The molecule has 2 aromatic heterocycles. The summed E-state index contributed by atoms with van der Waals surface area (Å²) in [5, 5.41) is 32.3. The lowest BCUT2D eigenvalue weighted by Crippen LogP contribution is -2.48. The van der Waals surface area contributed by atoms with Gasteiger partial charge in [-0.3, -0.25) is 33.1 Å². The lowest BCUT2D eigenvalue weighted by molar-refractivity contribution is -0.199. The smallest absolute Gasteiger partial charge is 0.435 e. The van der Waals surface area contributed by atoms with Crippen LogP contribution in [0.1, 0.15) is 111 Å². The van der Waals surface area contributed by atoms with Crippen LogP contribution in [0.4, 0.5) is 16.3 Å². The van der Waals surface area contributed by atoms with E-state index in [-0.39, 0.29) is 58.5 Å². The zero-order valence-corrected chi connectivity index (χ0v) is 47.6. The quantitative estimate of drug-likeness (QED) is 0.0118. The van der Waals surface area contributed by atoms with E-state index in [1.807, 2.05) is 0 Å². The second-order valence-corrected chi connectivity index (χ2v) is 24.0. The molecule has 25 nitrogen and oxygen atoms in total. The Morgan fingerprint density at radius 3 is 2.37 bits per heavy atom. The number of carbonyl (C=O) groups excluding carboxylic acids is 3. The number of unbranched alkanes of at least 4 members (excludes halogenated alkanes) is 3. The number of benzene rings is 3. The first-order valence-corrected chi connectivity index (χ1v) is 28.1. The maximum absolute atomic E-state index is 14.8. The summed E-state index contributed by atoms with van der Waals surface area (Å²) in [4.78, 5) is 77.7. The van der Waals surface area contributed by atoms with Crippen molar-refractivity contribution < 1.29 is 71.1 Å². The number of anilines is 2. The fraction of sp³-hybridized carbons (Fsp3) is 0.463. The normalized spacial score (nSPS) is 18.9. The minimum absolute atomic E-state index is 0.0552. The van der Waals surface area contributed by atoms with Crippen LogP contribution in [0.2, 0.25) is 0 Å². The molecule has 8 rings (SSSR count). The highest BCUT2D eigenvalue weighted by Gasteiger charge is 2.57. The summed E-state index contributed by atoms with van der Waals surface area (Å²) in [7, 11) is -4.65. The number of phenolic OH excluding ortho intramolecular Hbond substituents is 1. The molecule has 0 bridgehead atoms. The highest BCUT2D eigenvalue weighted by molar-refractivity contribution is 7.80. The van der Waals surface area contributed by atoms with E-state index < -0.39 is 85.9 Å². The topological polar surface area (TPSA) is 338 Å². The first kappa shape index (κ1) is 59.8. The summed E-state index contributed by atoms with van der Waals surface area (Å²) >= 11 is 5.56. The lowest BCUT2D eigenvalue weighted by Gasteiger charge is -2.27. The summed E-state index contributed by atoms with van der Waals surface area (Å²) in [6.45, 7) is 13.2. The average molecular weight is 1160 g/mol. The largest absolute Gasteiger partial charge is 0.508 e. The van der Waals surface area contributed by atoms with Crippen LogP contribution in [0.3, 0.4) is 0 Å². The summed E-state index contributed by atoms with van der Waals surface area (Å²) in [5.74, 6) is -3.63. The molecule has 434 valence electrons. The molecule has 4 aliphatic rings. The number of hydrogen-bond acceptors (Lipinski definition) is 20. The fourth-order valence-electron chi connectivity index (χ4n) is 9.24. The number of fused-ring (bicyclic) bond motifs is 4. The van der Waals surface area contributed by atoms with E-state index in [0.29, 0.717) is 71.2 Å². The first-order chi connectivity index (χ1) is 38.1. The molecule has 2 aromatic carbocycles. The Labute approximate surface area is 470 Å². The van der Waals surface area contributed by atoms with Crippen molar-refractivity contribution in [2.45, 2.75) is 141 Å². The number of aromatic nitrogens is 4. The molecule has 3 aliphatic heterocycles. The minimum Gasteiger partial charge on any atom is -0.508 e. The molecule has 2 fully saturated rings. The Bertz CT molecular complexity index is 3410. The zero-order valence-electron chi connectivity index (χ0n) is 45.9. The van der Waals surface area contributed by atoms with E-state index in [1.54, 1.807) is 84.2 Å². The number of aromatic carboxylic acids is 1. The number of ether oxygens (including phenoxy) is 5. The maximum atomic E-state index is 14.8. The number of thiocarbonyl (C=S) groups is 1. The van der Waals surface area contributed by atoms with Crippen molar-refractivity contribution >= 4 is 82.7 Å². The van der Waals surface area contributed by atoms with Crippen molar-refractivity contribution in [2.75, 3.05) is 30.8 Å². The van der Waals surface area contributed by atoms with Gasteiger partial charge in [0.15, 0.2) is 34.0 Å². The third kappa shape index (κ3) is 15.2. The van der Waals surface area contributed by atoms with Crippen LogP contribution in [-0.4, -0.2) is 120 Å². The SMILES string of the molecule is CC(C)(C)OC(=O)CC[C@H](NC(=O)OC(C)(C)C)C(=O)NP(=O)(OCCCCCCNC(=S)Nc1ccc(-c2c3ccc(=O)cc-3oc3cc(O)ccc23)c(C(=O)O)c1)OC[C@H]1O[C@@H](n2cnc3c(N)ncnc32)[C@@H]2OC(C)(C)O[C@@H]21. The Morgan fingerprint density at radius 1 is 0.901 bits per heavy atom. The third-order valence-electron chi connectivity index (χ3n) is 12.6. The van der Waals surface area contributed by atoms with Gasteiger partial charge in [-0.05, 0) is 129 Å². The molecule has 2 amide bonds. The van der Waals surface area contributed by atoms with Crippen LogP contribution < -0.4 is 32.2 Å². The predicted molar refractivity (Wildman–Crippen MR) is 299 cm³/mol. The van der Waals surface area contributed by atoms with Crippen molar-refractivity contribution in [1.29, 1.82) is 0 Å². The number of carbonyl (C=O) groups is 4. The number of nitrogens with zero attached hydrogens (tertiary/aromatic N) is 4. The number of nitrogens with two attached hydrogens (primary N) is 1. The van der Waals surface area contributed by atoms with Crippen molar-refractivity contribution in [1.82, 2.24) is 35.2 Å². The van der Waals surface area contributed by atoms with E-state index in [9.17, 15) is 38.8 Å². The van der Waals surface area contributed by atoms with Crippen molar-refractivity contribution in [2.24, 2.45) is 0 Å². The van der Waals surface area contributed by atoms with E-state index in [2.05, 4.69) is 36.0 Å². The minimum atomic E-state index is -4.65. The number of nitrogen functional groups attached to an aromatic ring is 1. The average Bonchev–Trinajstić information content (AvgIpc) is 4.06. The van der Waals surface area contributed by atoms with Gasteiger partial charge in [0.1, 0.15) is 64.5 Å². The molecule has 5 heterocycles. The van der Waals surface area contributed by atoms with Crippen LogP contribution in [0, 0.1) is 0 Å². The van der Waals surface area contributed by atoms with Crippen LogP contribution in [-0.2, 0) is 46.9 Å². The molecule has 0 spiro atoms. The van der Waals surface area contributed by atoms with Crippen LogP contribution in [0.5, 0.6) is 5.75 Å². The number of hydrogen-bond donors (Lipinski definition) is 7. The number of imidazole rings is 1. The fourth-order valence-corrected chi connectivity index (χ4v) is 10.8. The van der Waals surface area contributed by atoms with Gasteiger partial charge >= 0.3 is 25.8 Å². The summed E-state index contributed by atoms with van der Waals surface area (Å²) in [5.41, 5.74) is 6.64. The van der Waals surface area contributed by atoms with Gasteiger partial charge in [-0.2, -0.15) is 0 Å². The van der Waals surface area contributed by atoms with Crippen LogP contribution in [0.15, 0.2) is 76.5 Å². The van der Waals surface area contributed by atoms with Crippen LogP contribution in [0.25, 0.3) is 44.6 Å². The van der Waals surface area contributed by atoms with Gasteiger partial charge in [0, 0.05) is 47.3 Å². The highest BCUT2D eigenvalue weighted by atomic mass is 32.1. The number of carboxylic acid groups (broad SMARTS) is 1. The van der Waals surface area contributed by atoms with Gasteiger partial charge in [-0.15, -0.1) is 0 Å². The zero-order chi connectivity index (χ0) is 58.6. The maximum Gasteiger partial charge on any atom is 0.435 e. The second-order valence-electron chi connectivity index (χ2n) is 21.8. The monoisotopic (exact) mass is 1160 g/mol.